The molecule has 0 heterocycles. The number of nitrogens with one attached hydrogen (secondary N) is 2. The molecule has 1 unspecified atom stereocenters. The predicted molar refractivity (Wildman–Crippen MR) is 91.5 cm³/mol. The van der Waals surface area contributed by atoms with Crippen molar-refractivity contribution in [2.45, 2.75) is 38.8 Å². The van der Waals surface area contributed by atoms with Gasteiger partial charge in [-0.05, 0) is 33.7 Å². The van der Waals surface area contributed by atoms with Crippen LogP contribution in [0.25, 0.3) is 0 Å². The molecule has 1 rings (SSSR count). The van der Waals surface area contributed by atoms with Gasteiger partial charge in [0, 0.05) is 32.3 Å². The average molecular weight is 384 g/mol. The Morgan fingerprint density at radius 1 is 1.42 bits per heavy atom. The Kier molecular flexibility index (Phi) is 10.6. The molecule has 0 aromatic carbocycles. The Hall–Kier alpha value is -0.0800. The van der Waals surface area contributed by atoms with Crippen LogP contribution in [0.4, 0.5) is 0 Å². The van der Waals surface area contributed by atoms with Gasteiger partial charge in [-0.25, -0.2) is 0 Å². The molecule has 1 atom stereocenters. The van der Waals surface area contributed by atoms with Crippen molar-refractivity contribution in [1.29, 1.82) is 0 Å². The summed E-state index contributed by atoms with van der Waals surface area (Å²) in [5, 5.41) is 6.50. The molecule has 6 heteroatoms. The van der Waals surface area contributed by atoms with E-state index in [4.69, 9.17) is 4.74 Å². The molecule has 0 aromatic heterocycles. The summed E-state index contributed by atoms with van der Waals surface area (Å²) in [5.41, 5.74) is 0. The van der Waals surface area contributed by atoms with Crippen LogP contribution < -0.4 is 10.6 Å². The highest BCUT2D eigenvalue weighted by molar-refractivity contribution is 14.0. The average Bonchev–Trinajstić information content (AvgIpc) is 3.19. The van der Waals surface area contributed by atoms with Gasteiger partial charge in [0.1, 0.15) is 0 Å². The van der Waals surface area contributed by atoms with E-state index < -0.39 is 0 Å². The monoisotopic (exact) mass is 384 g/mol. The van der Waals surface area contributed by atoms with E-state index in [0.29, 0.717) is 12.6 Å². The molecule has 114 valence electrons. The zero-order chi connectivity index (χ0) is 13.4. The van der Waals surface area contributed by atoms with E-state index in [-0.39, 0.29) is 24.0 Å². The van der Waals surface area contributed by atoms with Crippen molar-refractivity contribution in [1.82, 2.24) is 15.5 Å². The third-order valence-corrected chi connectivity index (χ3v) is 3.27. The molecule has 1 fully saturated rings. The summed E-state index contributed by atoms with van der Waals surface area (Å²) in [6.07, 6.45) is 2.69. The summed E-state index contributed by atoms with van der Waals surface area (Å²) in [6, 6.07) is 1.29. The Morgan fingerprint density at radius 2 is 2.11 bits per heavy atom. The van der Waals surface area contributed by atoms with Crippen LogP contribution in [0, 0.1) is 0 Å². The summed E-state index contributed by atoms with van der Waals surface area (Å²) in [7, 11) is 3.90. The predicted octanol–water partition coefficient (Wildman–Crippen LogP) is 1.29. The molecule has 0 aromatic rings. The molecule has 0 amide bonds. The first-order chi connectivity index (χ1) is 8.69. The molecule has 0 spiro atoms. The summed E-state index contributed by atoms with van der Waals surface area (Å²) in [4.78, 5) is 7.05. The third-order valence-electron chi connectivity index (χ3n) is 3.27. The number of ether oxygens (including phenoxy) is 1. The number of likely N-dealkylation sites (N-methyl/N-ethyl adjacent to an activating group) is 1. The fraction of sp³-hybridized carbons (Fsp3) is 0.923. The molecule has 0 radical (unpaired) electrons. The Bertz CT molecular complexity index is 259. The van der Waals surface area contributed by atoms with Crippen LogP contribution in [0.5, 0.6) is 0 Å². The lowest BCUT2D eigenvalue weighted by Crippen LogP contribution is -2.40. The molecule has 19 heavy (non-hydrogen) atoms. The highest BCUT2D eigenvalue weighted by Gasteiger charge is 2.28. The fourth-order valence-corrected chi connectivity index (χ4v) is 1.81. The topological polar surface area (TPSA) is 48.9 Å². The maximum atomic E-state index is 5.02. The van der Waals surface area contributed by atoms with Crippen LogP contribution in [0.2, 0.25) is 0 Å². The summed E-state index contributed by atoms with van der Waals surface area (Å²) in [6.45, 7) is 7.51. The van der Waals surface area contributed by atoms with E-state index in [0.717, 1.165) is 31.6 Å². The van der Waals surface area contributed by atoms with Gasteiger partial charge in [-0.15, -0.1) is 24.0 Å². The SMILES string of the molecule is CCNC(=NCC(C)N(C)C1CC1)NCCOC.I. The first-order valence-electron chi connectivity index (χ1n) is 6.92. The second kappa shape index (κ2) is 10.7. The van der Waals surface area contributed by atoms with Gasteiger partial charge < -0.3 is 15.4 Å². The maximum Gasteiger partial charge on any atom is 0.191 e. The third kappa shape index (κ3) is 7.94. The molecule has 1 saturated carbocycles. The van der Waals surface area contributed by atoms with Gasteiger partial charge in [0.15, 0.2) is 5.96 Å². The minimum atomic E-state index is 0. The Morgan fingerprint density at radius 3 is 2.63 bits per heavy atom. The maximum absolute atomic E-state index is 5.02. The van der Waals surface area contributed by atoms with Crippen molar-refractivity contribution >= 4 is 29.9 Å². The number of halogens is 1. The van der Waals surface area contributed by atoms with Crippen molar-refractivity contribution in [2.24, 2.45) is 4.99 Å². The molecular formula is C13H29IN4O. The molecule has 5 nitrogen and oxygen atoms in total. The number of methoxy groups -OCH3 is 1. The zero-order valence-electron chi connectivity index (χ0n) is 12.6. The number of nitrogens with zero attached hydrogens (tertiary/aromatic N) is 2. The van der Waals surface area contributed by atoms with Crippen molar-refractivity contribution in [3.63, 3.8) is 0 Å². The molecule has 1 aliphatic rings. The lowest BCUT2D eigenvalue weighted by atomic mass is 10.3. The highest BCUT2D eigenvalue weighted by Crippen LogP contribution is 2.26. The van der Waals surface area contributed by atoms with E-state index in [2.05, 4.69) is 41.4 Å². The highest BCUT2D eigenvalue weighted by atomic mass is 127. The van der Waals surface area contributed by atoms with E-state index in [1.807, 2.05) is 0 Å². The van der Waals surface area contributed by atoms with Crippen molar-refractivity contribution in [3.05, 3.63) is 0 Å². The van der Waals surface area contributed by atoms with Gasteiger partial charge in [-0.1, -0.05) is 0 Å². The Labute approximate surface area is 134 Å². The first kappa shape index (κ1) is 18.9. The summed E-state index contributed by atoms with van der Waals surface area (Å²) < 4.78 is 5.02. The van der Waals surface area contributed by atoms with Gasteiger partial charge in [-0.3, -0.25) is 9.89 Å². The molecule has 2 N–H and O–H groups in total. The summed E-state index contributed by atoms with van der Waals surface area (Å²) >= 11 is 0. The molecule has 0 aliphatic heterocycles. The minimum Gasteiger partial charge on any atom is -0.383 e. The molecule has 1 aliphatic carbocycles. The van der Waals surface area contributed by atoms with Gasteiger partial charge >= 0.3 is 0 Å². The minimum absolute atomic E-state index is 0. The van der Waals surface area contributed by atoms with E-state index in [1.54, 1.807) is 7.11 Å². The standard InChI is InChI=1S/C13H28N4O.HI/c1-5-14-13(15-8-9-18-4)16-10-11(2)17(3)12-6-7-12;/h11-12H,5-10H2,1-4H3,(H2,14,15,16);1H. The lowest BCUT2D eigenvalue weighted by Gasteiger charge is -2.23. The normalized spacial score (nSPS) is 17.0. The van der Waals surface area contributed by atoms with Crippen LogP contribution in [-0.4, -0.2) is 63.3 Å². The van der Waals surface area contributed by atoms with Crippen molar-refractivity contribution < 1.29 is 4.74 Å². The van der Waals surface area contributed by atoms with Crippen LogP contribution in [0.3, 0.4) is 0 Å². The number of guanidine groups is 1. The molecule has 0 saturated heterocycles. The second-order valence-corrected chi connectivity index (χ2v) is 4.88. The van der Waals surface area contributed by atoms with Gasteiger partial charge in [0.25, 0.3) is 0 Å². The fourth-order valence-electron chi connectivity index (χ4n) is 1.81. The smallest absolute Gasteiger partial charge is 0.191 e. The van der Waals surface area contributed by atoms with E-state index >= 15 is 0 Å². The van der Waals surface area contributed by atoms with Gasteiger partial charge in [0.05, 0.1) is 13.2 Å². The van der Waals surface area contributed by atoms with Crippen molar-refractivity contribution in [3.8, 4) is 0 Å². The molecular weight excluding hydrogens is 355 g/mol. The number of rotatable bonds is 8. The number of aliphatic imine (C=N–C) groups is 1. The number of hydrogen-bond donors (Lipinski definition) is 2. The zero-order valence-corrected chi connectivity index (χ0v) is 14.9. The van der Waals surface area contributed by atoms with Crippen LogP contribution in [-0.2, 0) is 4.74 Å². The number of hydrogen-bond acceptors (Lipinski definition) is 3. The van der Waals surface area contributed by atoms with Gasteiger partial charge in [-0.2, -0.15) is 0 Å². The van der Waals surface area contributed by atoms with Crippen LogP contribution in [0.1, 0.15) is 26.7 Å². The van der Waals surface area contributed by atoms with E-state index in [1.165, 1.54) is 12.8 Å². The van der Waals surface area contributed by atoms with Crippen LogP contribution in [0.15, 0.2) is 4.99 Å². The van der Waals surface area contributed by atoms with Gasteiger partial charge in [0.2, 0.25) is 0 Å². The van der Waals surface area contributed by atoms with Crippen molar-refractivity contribution in [2.75, 3.05) is 40.4 Å². The van der Waals surface area contributed by atoms with Crippen LogP contribution >= 0.6 is 24.0 Å². The Balaban J connectivity index is 0.00000324. The molecule has 0 bridgehead atoms. The quantitative estimate of drug-likeness (QED) is 0.287. The second-order valence-electron chi connectivity index (χ2n) is 4.88. The lowest BCUT2D eigenvalue weighted by molar-refractivity contribution is 0.203. The largest absolute Gasteiger partial charge is 0.383 e. The van der Waals surface area contributed by atoms with E-state index in [9.17, 15) is 0 Å². The first-order valence-corrected chi connectivity index (χ1v) is 6.92. The summed E-state index contributed by atoms with van der Waals surface area (Å²) in [5.74, 6) is 0.880.